The Bertz CT molecular complexity index is 430. The summed E-state index contributed by atoms with van der Waals surface area (Å²) in [4.78, 5) is 4.20. The third-order valence-corrected chi connectivity index (χ3v) is 3.50. The minimum Gasteiger partial charge on any atom is -0.397 e. The summed E-state index contributed by atoms with van der Waals surface area (Å²) in [6.45, 7) is 2.16. The van der Waals surface area contributed by atoms with Crippen molar-refractivity contribution in [1.29, 1.82) is 5.26 Å². The van der Waals surface area contributed by atoms with Gasteiger partial charge in [0.05, 0.1) is 17.4 Å². The van der Waals surface area contributed by atoms with Gasteiger partial charge in [-0.3, -0.25) is 0 Å². The highest BCUT2D eigenvalue weighted by Crippen LogP contribution is 2.29. The highest BCUT2D eigenvalue weighted by atomic mass is 15.0. The van der Waals surface area contributed by atoms with Crippen LogP contribution in [0.3, 0.4) is 0 Å². The average molecular weight is 230 g/mol. The van der Waals surface area contributed by atoms with Crippen molar-refractivity contribution < 1.29 is 0 Å². The van der Waals surface area contributed by atoms with Gasteiger partial charge in [-0.1, -0.05) is 12.8 Å². The van der Waals surface area contributed by atoms with Gasteiger partial charge < -0.3 is 11.1 Å². The van der Waals surface area contributed by atoms with Crippen LogP contribution in [0.1, 0.15) is 38.2 Å². The quantitative estimate of drug-likeness (QED) is 0.836. The van der Waals surface area contributed by atoms with Gasteiger partial charge >= 0.3 is 0 Å². The average Bonchev–Trinajstić information content (AvgIpc) is 2.85. The highest BCUT2D eigenvalue weighted by Gasteiger charge is 2.22. The molecule has 1 aromatic heterocycles. The number of aromatic nitrogens is 1. The van der Waals surface area contributed by atoms with Crippen LogP contribution < -0.4 is 11.1 Å². The van der Waals surface area contributed by atoms with Crippen molar-refractivity contribution in [3.05, 3.63) is 17.8 Å². The van der Waals surface area contributed by atoms with Crippen LogP contribution >= 0.6 is 0 Å². The third kappa shape index (κ3) is 2.68. The zero-order valence-electron chi connectivity index (χ0n) is 10.1. The lowest BCUT2D eigenvalue weighted by Gasteiger charge is -2.21. The van der Waals surface area contributed by atoms with Crippen LogP contribution in [0.15, 0.2) is 12.3 Å². The van der Waals surface area contributed by atoms with E-state index in [4.69, 9.17) is 11.0 Å². The Morgan fingerprint density at radius 3 is 2.88 bits per heavy atom. The smallest absolute Gasteiger partial charge is 0.144 e. The minimum absolute atomic E-state index is 0.362. The molecule has 1 fully saturated rings. The summed E-state index contributed by atoms with van der Waals surface area (Å²) >= 11 is 0. The Hall–Kier alpha value is -1.76. The number of nitrogens with two attached hydrogens (primary N) is 1. The first-order chi connectivity index (χ1) is 8.20. The number of nitrogens with one attached hydrogen (secondary N) is 1. The second-order valence-electron chi connectivity index (χ2n) is 4.75. The summed E-state index contributed by atoms with van der Waals surface area (Å²) in [6, 6.07) is 4.15. The summed E-state index contributed by atoms with van der Waals surface area (Å²) in [5.41, 5.74) is 6.67. The van der Waals surface area contributed by atoms with E-state index in [-0.39, 0.29) is 0 Å². The number of anilines is 2. The molecule has 0 bridgehead atoms. The molecule has 1 saturated carbocycles. The van der Waals surface area contributed by atoms with Crippen LogP contribution in [0.4, 0.5) is 11.5 Å². The molecule has 4 nitrogen and oxygen atoms in total. The monoisotopic (exact) mass is 230 g/mol. The van der Waals surface area contributed by atoms with Crippen LogP contribution in [0.25, 0.3) is 0 Å². The normalized spacial score (nSPS) is 17.6. The van der Waals surface area contributed by atoms with Crippen molar-refractivity contribution in [2.24, 2.45) is 5.92 Å². The molecule has 0 aromatic carbocycles. The van der Waals surface area contributed by atoms with Crippen LogP contribution in [0.5, 0.6) is 0 Å². The fourth-order valence-electron chi connectivity index (χ4n) is 2.47. The summed E-state index contributed by atoms with van der Waals surface area (Å²) in [5, 5.41) is 12.4. The molecular weight excluding hydrogens is 212 g/mol. The fraction of sp³-hybridized carbons (Fsp3) is 0.538. The third-order valence-electron chi connectivity index (χ3n) is 3.50. The van der Waals surface area contributed by atoms with Gasteiger partial charge in [0.25, 0.3) is 0 Å². The molecule has 1 atom stereocenters. The predicted octanol–water partition coefficient (Wildman–Crippen LogP) is 2.53. The Kier molecular flexibility index (Phi) is 3.48. The molecular formula is C13H18N4. The summed E-state index contributed by atoms with van der Waals surface area (Å²) < 4.78 is 0. The van der Waals surface area contributed by atoms with E-state index < -0.39 is 0 Å². The Labute approximate surface area is 102 Å². The molecule has 0 radical (unpaired) electrons. The SMILES string of the molecule is CC(Nc1ncc(N)cc1C#N)C1CCCC1. The molecule has 4 heteroatoms. The molecule has 17 heavy (non-hydrogen) atoms. The van der Waals surface area contributed by atoms with E-state index in [1.165, 1.54) is 25.7 Å². The largest absolute Gasteiger partial charge is 0.397 e. The Balaban J connectivity index is 2.10. The lowest BCUT2D eigenvalue weighted by atomic mass is 10.00. The lowest BCUT2D eigenvalue weighted by Crippen LogP contribution is -2.24. The van der Waals surface area contributed by atoms with E-state index in [1.807, 2.05) is 0 Å². The van der Waals surface area contributed by atoms with Crippen LogP contribution in [-0.2, 0) is 0 Å². The minimum atomic E-state index is 0.362. The van der Waals surface area contributed by atoms with E-state index in [9.17, 15) is 0 Å². The van der Waals surface area contributed by atoms with Gasteiger partial charge in [0.15, 0.2) is 0 Å². The van der Waals surface area contributed by atoms with Crippen LogP contribution in [0.2, 0.25) is 0 Å². The molecule has 0 saturated heterocycles. The molecule has 90 valence electrons. The molecule has 2 rings (SSSR count). The van der Waals surface area contributed by atoms with E-state index in [1.54, 1.807) is 12.3 Å². The maximum Gasteiger partial charge on any atom is 0.144 e. The van der Waals surface area contributed by atoms with Crippen LogP contribution in [0, 0.1) is 17.2 Å². The summed E-state index contributed by atoms with van der Waals surface area (Å²) in [5.74, 6) is 1.35. The molecule has 1 heterocycles. The van der Waals surface area contributed by atoms with E-state index >= 15 is 0 Å². The van der Waals surface area contributed by atoms with Gasteiger partial charge in [0, 0.05) is 6.04 Å². The predicted molar refractivity (Wildman–Crippen MR) is 68.4 cm³/mol. The van der Waals surface area contributed by atoms with Gasteiger partial charge in [0.2, 0.25) is 0 Å². The highest BCUT2D eigenvalue weighted by molar-refractivity contribution is 5.57. The second-order valence-corrected chi connectivity index (χ2v) is 4.75. The molecule has 0 aliphatic heterocycles. The molecule has 0 amide bonds. The number of nitrogens with zero attached hydrogens (tertiary/aromatic N) is 2. The first kappa shape index (κ1) is 11.7. The first-order valence-electron chi connectivity index (χ1n) is 6.13. The molecule has 1 unspecified atom stereocenters. The van der Waals surface area contributed by atoms with Gasteiger partial charge in [0.1, 0.15) is 11.9 Å². The molecule has 1 aromatic rings. The van der Waals surface area contributed by atoms with Gasteiger partial charge in [-0.15, -0.1) is 0 Å². The van der Waals surface area contributed by atoms with Gasteiger partial charge in [-0.05, 0) is 31.7 Å². The zero-order valence-corrected chi connectivity index (χ0v) is 10.1. The van der Waals surface area contributed by atoms with E-state index in [0.29, 0.717) is 29.0 Å². The van der Waals surface area contributed by atoms with Gasteiger partial charge in [-0.2, -0.15) is 5.26 Å². The summed E-state index contributed by atoms with van der Waals surface area (Å²) in [7, 11) is 0. The van der Waals surface area contributed by atoms with Crippen molar-refractivity contribution in [2.45, 2.75) is 38.6 Å². The Morgan fingerprint density at radius 2 is 2.24 bits per heavy atom. The number of hydrogen-bond acceptors (Lipinski definition) is 4. The lowest BCUT2D eigenvalue weighted by molar-refractivity contribution is 0.481. The van der Waals surface area contributed by atoms with E-state index in [0.717, 1.165) is 0 Å². The molecule has 1 aliphatic carbocycles. The molecule has 3 N–H and O–H groups in total. The topological polar surface area (TPSA) is 74.7 Å². The number of pyridine rings is 1. The van der Waals surface area contributed by atoms with Crippen molar-refractivity contribution >= 4 is 11.5 Å². The zero-order chi connectivity index (χ0) is 12.3. The van der Waals surface area contributed by atoms with Gasteiger partial charge in [-0.25, -0.2) is 4.98 Å². The molecule has 1 aliphatic rings. The number of rotatable bonds is 3. The van der Waals surface area contributed by atoms with Crippen molar-refractivity contribution in [3.63, 3.8) is 0 Å². The number of nitrogen functional groups attached to an aromatic ring is 1. The molecule has 0 spiro atoms. The maximum absolute atomic E-state index is 9.04. The fourth-order valence-corrected chi connectivity index (χ4v) is 2.47. The maximum atomic E-state index is 9.04. The van der Waals surface area contributed by atoms with Crippen molar-refractivity contribution in [3.8, 4) is 6.07 Å². The number of nitriles is 1. The van der Waals surface area contributed by atoms with E-state index in [2.05, 4.69) is 23.3 Å². The van der Waals surface area contributed by atoms with Crippen molar-refractivity contribution in [2.75, 3.05) is 11.1 Å². The van der Waals surface area contributed by atoms with Crippen molar-refractivity contribution in [1.82, 2.24) is 4.98 Å². The Morgan fingerprint density at radius 1 is 1.53 bits per heavy atom. The standard InChI is InChI=1S/C13H18N4/c1-9(10-4-2-3-5-10)17-13-11(7-14)6-12(15)8-16-13/h6,8-10H,2-5,15H2,1H3,(H,16,17). The summed E-state index contributed by atoms with van der Waals surface area (Å²) in [6.07, 6.45) is 6.76. The second kappa shape index (κ2) is 5.05. The first-order valence-corrected chi connectivity index (χ1v) is 6.13. The van der Waals surface area contributed by atoms with Crippen LogP contribution in [-0.4, -0.2) is 11.0 Å². The number of hydrogen-bond donors (Lipinski definition) is 2.